The summed E-state index contributed by atoms with van der Waals surface area (Å²) in [5.41, 5.74) is 0.299. The fourth-order valence-electron chi connectivity index (χ4n) is 1.47. The van der Waals surface area contributed by atoms with Gasteiger partial charge in [-0.05, 0) is 46.3 Å². The molecular formula is C12H9BrClN3O3S. The Balaban J connectivity index is 2.31. The van der Waals surface area contributed by atoms with E-state index in [4.69, 9.17) is 16.7 Å². The highest BCUT2D eigenvalue weighted by Gasteiger charge is 2.14. The van der Waals surface area contributed by atoms with Crippen molar-refractivity contribution in [2.75, 3.05) is 5.32 Å². The molecule has 0 aliphatic carbocycles. The van der Waals surface area contributed by atoms with E-state index in [1.54, 1.807) is 6.07 Å². The standard InChI is InChI=1S/C12H9BrClN3O3S/c13-7-1-4-10(16-6-7)12(18)17-11-5-8(21(15,19)20)2-3-9(11)14/h1-6H,(H,17,18)(H2,15,19,20). The molecule has 1 amide bonds. The van der Waals surface area contributed by atoms with Gasteiger partial charge in [0.1, 0.15) is 5.69 Å². The highest BCUT2D eigenvalue weighted by molar-refractivity contribution is 9.10. The summed E-state index contributed by atoms with van der Waals surface area (Å²) in [6.07, 6.45) is 1.47. The van der Waals surface area contributed by atoms with Crippen LogP contribution in [0.25, 0.3) is 0 Å². The number of rotatable bonds is 3. The summed E-state index contributed by atoms with van der Waals surface area (Å²) in [5, 5.41) is 7.71. The first-order valence-electron chi connectivity index (χ1n) is 5.52. The van der Waals surface area contributed by atoms with Crippen LogP contribution in [0.3, 0.4) is 0 Å². The largest absolute Gasteiger partial charge is 0.319 e. The van der Waals surface area contributed by atoms with Gasteiger partial charge in [-0.3, -0.25) is 4.79 Å². The second-order valence-electron chi connectivity index (χ2n) is 4.00. The van der Waals surface area contributed by atoms with Crippen LogP contribution in [-0.4, -0.2) is 19.3 Å². The number of primary sulfonamides is 1. The first-order chi connectivity index (χ1) is 9.77. The zero-order valence-corrected chi connectivity index (χ0v) is 13.5. The van der Waals surface area contributed by atoms with Gasteiger partial charge in [-0.2, -0.15) is 0 Å². The number of pyridine rings is 1. The normalized spacial score (nSPS) is 11.2. The number of aromatic nitrogens is 1. The molecule has 9 heteroatoms. The Morgan fingerprint density at radius 3 is 2.57 bits per heavy atom. The Bertz CT molecular complexity index is 794. The van der Waals surface area contributed by atoms with Crippen molar-refractivity contribution in [2.24, 2.45) is 5.14 Å². The van der Waals surface area contributed by atoms with E-state index in [0.717, 1.165) is 4.47 Å². The molecule has 0 fully saturated rings. The number of nitrogens with two attached hydrogens (primary N) is 1. The predicted octanol–water partition coefficient (Wildman–Crippen LogP) is 2.40. The molecule has 0 atom stereocenters. The van der Waals surface area contributed by atoms with Crippen molar-refractivity contribution in [2.45, 2.75) is 4.90 Å². The molecular weight excluding hydrogens is 382 g/mol. The predicted molar refractivity (Wildman–Crippen MR) is 82.7 cm³/mol. The van der Waals surface area contributed by atoms with Gasteiger partial charge in [-0.25, -0.2) is 18.5 Å². The van der Waals surface area contributed by atoms with E-state index in [1.165, 1.54) is 30.5 Å². The third-order valence-electron chi connectivity index (χ3n) is 2.47. The third kappa shape index (κ3) is 4.01. The quantitative estimate of drug-likeness (QED) is 0.840. The van der Waals surface area contributed by atoms with Crippen LogP contribution < -0.4 is 10.5 Å². The van der Waals surface area contributed by atoms with Crippen molar-refractivity contribution in [3.05, 3.63) is 51.7 Å². The Morgan fingerprint density at radius 1 is 1.29 bits per heavy atom. The molecule has 2 aromatic rings. The Labute approximate surface area is 134 Å². The molecule has 1 aromatic carbocycles. The maximum atomic E-state index is 12.0. The molecule has 110 valence electrons. The van der Waals surface area contributed by atoms with Gasteiger partial charge in [0.05, 0.1) is 15.6 Å². The number of amides is 1. The van der Waals surface area contributed by atoms with Crippen LogP contribution in [0.2, 0.25) is 5.02 Å². The summed E-state index contributed by atoms with van der Waals surface area (Å²) in [6, 6.07) is 6.95. The molecule has 1 aromatic heterocycles. The second-order valence-corrected chi connectivity index (χ2v) is 6.89. The number of carbonyl (C=O) groups excluding carboxylic acids is 1. The maximum absolute atomic E-state index is 12.0. The number of carbonyl (C=O) groups is 1. The van der Waals surface area contributed by atoms with E-state index < -0.39 is 15.9 Å². The molecule has 6 nitrogen and oxygen atoms in total. The number of nitrogens with one attached hydrogen (secondary N) is 1. The average molecular weight is 391 g/mol. The number of halogens is 2. The minimum atomic E-state index is -3.88. The zero-order valence-electron chi connectivity index (χ0n) is 10.4. The summed E-state index contributed by atoms with van der Waals surface area (Å²) in [5.74, 6) is -0.518. The van der Waals surface area contributed by atoms with E-state index in [2.05, 4.69) is 26.2 Å². The summed E-state index contributed by atoms with van der Waals surface area (Å²) in [7, 11) is -3.88. The molecule has 0 spiro atoms. The lowest BCUT2D eigenvalue weighted by atomic mass is 10.3. The topological polar surface area (TPSA) is 102 Å². The minimum absolute atomic E-state index is 0.137. The van der Waals surface area contributed by atoms with E-state index in [0.29, 0.717) is 0 Å². The molecule has 21 heavy (non-hydrogen) atoms. The summed E-state index contributed by atoms with van der Waals surface area (Å²) >= 11 is 9.13. The number of hydrogen-bond acceptors (Lipinski definition) is 4. The summed E-state index contributed by atoms with van der Waals surface area (Å²) < 4.78 is 23.3. The smallest absolute Gasteiger partial charge is 0.274 e. The van der Waals surface area contributed by atoms with E-state index >= 15 is 0 Å². The lowest BCUT2D eigenvalue weighted by Crippen LogP contribution is -2.16. The Hall–Kier alpha value is -1.48. The van der Waals surface area contributed by atoms with Gasteiger partial charge in [-0.1, -0.05) is 11.6 Å². The van der Waals surface area contributed by atoms with Crippen molar-refractivity contribution in [1.82, 2.24) is 4.98 Å². The van der Waals surface area contributed by atoms with E-state index in [9.17, 15) is 13.2 Å². The molecule has 0 aliphatic rings. The van der Waals surface area contributed by atoms with Crippen molar-refractivity contribution in [1.29, 1.82) is 0 Å². The molecule has 0 saturated carbocycles. The van der Waals surface area contributed by atoms with Gasteiger partial charge >= 0.3 is 0 Å². The van der Waals surface area contributed by atoms with Gasteiger partial charge in [0.15, 0.2) is 0 Å². The first kappa shape index (κ1) is 15.9. The lowest BCUT2D eigenvalue weighted by molar-refractivity contribution is 0.102. The van der Waals surface area contributed by atoms with Crippen LogP contribution in [0.5, 0.6) is 0 Å². The molecule has 0 aliphatic heterocycles. The van der Waals surface area contributed by atoms with Crippen LogP contribution in [0.4, 0.5) is 5.69 Å². The third-order valence-corrected chi connectivity index (χ3v) is 4.18. The van der Waals surface area contributed by atoms with Crippen molar-refractivity contribution in [3.63, 3.8) is 0 Å². The van der Waals surface area contributed by atoms with Crippen molar-refractivity contribution < 1.29 is 13.2 Å². The van der Waals surface area contributed by atoms with E-state index in [1.807, 2.05) is 0 Å². The zero-order chi connectivity index (χ0) is 15.6. The summed E-state index contributed by atoms with van der Waals surface area (Å²) in [4.78, 5) is 15.8. The first-order valence-corrected chi connectivity index (χ1v) is 8.24. The number of nitrogens with zero attached hydrogens (tertiary/aromatic N) is 1. The highest BCUT2D eigenvalue weighted by atomic mass is 79.9. The van der Waals surface area contributed by atoms with Gasteiger partial charge < -0.3 is 5.32 Å². The molecule has 0 radical (unpaired) electrons. The lowest BCUT2D eigenvalue weighted by Gasteiger charge is -2.08. The van der Waals surface area contributed by atoms with Crippen molar-refractivity contribution >= 4 is 49.1 Å². The summed E-state index contributed by atoms with van der Waals surface area (Å²) in [6.45, 7) is 0. The molecule has 3 N–H and O–H groups in total. The van der Waals surface area contributed by atoms with Gasteiger partial charge in [0, 0.05) is 10.7 Å². The van der Waals surface area contributed by atoms with Crippen LogP contribution in [0, 0.1) is 0 Å². The highest BCUT2D eigenvalue weighted by Crippen LogP contribution is 2.25. The van der Waals surface area contributed by atoms with Crippen LogP contribution in [-0.2, 0) is 10.0 Å². The fraction of sp³-hybridized carbons (Fsp3) is 0. The van der Waals surface area contributed by atoms with Crippen molar-refractivity contribution in [3.8, 4) is 0 Å². The molecule has 0 bridgehead atoms. The Kier molecular flexibility index (Phi) is 4.62. The monoisotopic (exact) mass is 389 g/mol. The van der Waals surface area contributed by atoms with Crippen LogP contribution in [0.15, 0.2) is 45.9 Å². The van der Waals surface area contributed by atoms with Gasteiger partial charge in [0.2, 0.25) is 10.0 Å². The Morgan fingerprint density at radius 2 is 2.00 bits per heavy atom. The van der Waals surface area contributed by atoms with Crippen LogP contribution >= 0.6 is 27.5 Å². The van der Waals surface area contributed by atoms with Crippen LogP contribution in [0.1, 0.15) is 10.5 Å². The average Bonchev–Trinajstić information content (AvgIpc) is 2.40. The molecule has 0 saturated heterocycles. The number of benzene rings is 1. The SMILES string of the molecule is NS(=O)(=O)c1ccc(Cl)c(NC(=O)c2ccc(Br)cn2)c1. The number of sulfonamides is 1. The fourth-order valence-corrected chi connectivity index (χ4v) is 2.41. The minimum Gasteiger partial charge on any atom is -0.319 e. The second kappa shape index (κ2) is 6.10. The van der Waals surface area contributed by atoms with Gasteiger partial charge in [0.25, 0.3) is 5.91 Å². The molecule has 2 rings (SSSR count). The van der Waals surface area contributed by atoms with Gasteiger partial charge in [-0.15, -0.1) is 0 Å². The van der Waals surface area contributed by atoms with E-state index in [-0.39, 0.29) is 21.3 Å². The molecule has 1 heterocycles. The number of anilines is 1. The number of hydrogen-bond donors (Lipinski definition) is 2. The molecule has 0 unspecified atom stereocenters. The maximum Gasteiger partial charge on any atom is 0.274 e.